The van der Waals surface area contributed by atoms with Crippen LogP contribution in [0, 0.1) is 11.3 Å². The van der Waals surface area contributed by atoms with Gasteiger partial charge in [-0.15, -0.1) is 0 Å². The molecule has 3 heteroatoms. The third-order valence-electron chi connectivity index (χ3n) is 7.02. The van der Waals surface area contributed by atoms with Crippen molar-refractivity contribution in [1.29, 1.82) is 0 Å². The van der Waals surface area contributed by atoms with Crippen molar-refractivity contribution >= 4 is 17.9 Å². The van der Waals surface area contributed by atoms with Gasteiger partial charge in [0.1, 0.15) is 0 Å². The molecule has 0 aromatic heterocycles. The molecular formula is C23H21NO2. The summed E-state index contributed by atoms with van der Waals surface area (Å²) in [5, 5.41) is 0. The van der Waals surface area contributed by atoms with Crippen LogP contribution in [0.4, 0.5) is 0 Å². The number of fused-ring (bicyclic) bond motifs is 1. The highest BCUT2D eigenvalue weighted by atomic mass is 16.2. The maximum atomic E-state index is 13.5. The summed E-state index contributed by atoms with van der Waals surface area (Å²) in [6.07, 6.45) is 5.22. The van der Waals surface area contributed by atoms with Gasteiger partial charge in [0.05, 0.1) is 5.41 Å². The van der Waals surface area contributed by atoms with Crippen LogP contribution in [-0.4, -0.2) is 22.8 Å². The molecule has 0 radical (unpaired) electrons. The van der Waals surface area contributed by atoms with E-state index >= 15 is 0 Å². The van der Waals surface area contributed by atoms with Crippen molar-refractivity contribution in [2.45, 2.75) is 31.7 Å². The first-order chi connectivity index (χ1) is 12.5. The van der Waals surface area contributed by atoms with Crippen molar-refractivity contribution in [2.24, 2.45) is 11.3 Å². The van der Waals surface area contributed by atoms with E-state index in [0.717, 1.165) is 6.42 Å². The number of carbonyl (C=O) groups is 2. The number of imide groups is 1. The molecule has 1 saturated carbocycles. The molecule has 2 aromatic rings. The Bertz CT molecular complexity index is 963. The first kappa shape index (κ1) is 15.6. The number of carbonyl (C=O) groups excluding carboxylic acids is 2. The van der Waals surface area contributed by atoms with Crippen LogP contribution in [0.3, 0.4) is 0 Å². The van der Waals surface area contributed by atoms with Gasteiger partial charge in [-0.2, -0.15) is 0 Å². The summed E-state index contributed by atoms with van der Waals surface area (Å²) in [6.45, 7) is 4.10. The highest BCUT2D eigenvalue weighted by molar-refractivity contribution is 6.09. The van der Waals surface area contributed by atoms with Crippen LogP contribution in [0.5, 0.6) is 0 Å². The Morgan fingerprint density at radius 2 is 1.77 bits per heavy atom. The zero-order valence-corrected chi connectivity index (χ0v) is 15.0. The molecule has 0 unspecified atom stereocenters. The van der Waals surface area contributed by atoms with Crippen molar-refractivity contribution < 1.29 is 9.59 Å². The minimum atomic E-state index is -0.525. The number of amides is 2. The lowest BCUT2D eigenvalue weighted by Gasteiger charge is -2.60. The highest BCUT2D eigenvalue weighted by Gasteiger charge is 2.76. The largest absolute Gasteiger partial charge is 0.274 e. The standard InChI is InChI=1S/C23H21NO2/c1-15-23-18(13-12-16-8-6-7-11-19(16)23)14-22(23,2)21(26)24(15)20(25)17-9-4-3-5-10-17/h3-13,15,18H,14H2,1-2H3/t15-,18+,22-,23-/m0/s1. The van der Waals surface area contributed by atoms with Crippen molar-refractivity contribution in [3.8, 4) is 0 Å². The van der Waals surface area contributed by atoms with Crippen LogP contribution in [0.15, 0.2) is 60.7 Å². The van der Waals surface area contributed by atoms with Gasteiger partial charge in [-0.25, -0.2) is 0 Å². The minimum absolute atomic E-state index is 0.0276. The van der Waals surface area contributed by atoms with E-state index in [1.165, 1.54) is 16.0 Å². The van der Waals surface area contributed by atoms with E-state index in [4.69, 9.17) is 0 Å². The van der Waals surface area contributed by atoms with Gasteiger partial charge < -0.3 is 0 Å². The molecule has 2 fully saturated rings. The van der Waals surface area contributed by atoms with E-state index < -0.39 is 5.41 Å². The van der Waals surface area contributed by atoms with Crippen molar-refractivity contribution in [3.63, 3.8) is 0 Å². The average Bonchev–Trinajstić information content (AvgIpc) is 2.77. The van der Waals surface area contributed by atoms with Gasteiger partial charge in [0, 0.05) is 17.0 Å². The molecular weight excluding hydrogens is 322 g/mol. The van der Waals surface area contributed by atoms with Gasteiger partial charge in [0.15, 0.2) is 0 Å². The van der Waals surface area contributed by atoms with E-state index in [0.29, 0.717) is 11.5 Å². The van der Waals surface area contributed by atoms with Crippen molar-refractivity contribution in [3.05, 3.63) is 77.4 Å². The number of rotatable bonds is 1. The van der Waals surface area contributed by atoms with Crippen LogP contribution < -0.4 is 0 Å². The number of benzene rings is 2. The van der Waals surface area contributed by atoms with Gasteiger partial charge in [-0.1, -0.05) is 54.6 Å². The summed E-state index contributed by atoms with van der Waals surface area (Å²) in [7, 11) is 0. The summed E-state index contributed by atoms with van der Waals surface area (Å²) in [5.74, 6) is 0.0917. The number of nitrogens with zero attached hydrogens (tertiary/aromatic N) is 1. The molecule has 26 heavy (non-hydrogen) atoms. The Morgan fingerprint density at radius 1 is 1.08 bits per heavy atom. The number of hydrogen-bond donors (Lipinski definition) is 0. The Kier molecular flexibility index (Phi) is 2.96. The maximum absolute atomic E-state index is 13.5. The van der Waals surface area contributed by atoms with Crippen molar-refractivity contribution in [2.75, 3.05) is 0 Å². The number of hydrogen-bond acceptors (Lipinski definition) is 2. The summed E-state index contributed by atoms with van der Waals surface area (Å²) in [6, 6.07) is 17.3. The fourth-order valence-corrected chi connectivity index (χ4v) is 5.90. The van der Waals surface area contributed by atoms with Crippen LogP contribution in [0.1, 0.15) is 41.8 Å². The first-order valence-corrected chi connectivity index (χ1v) is 9.22. The number of likely N-dealkylation sites (tertiary alicyclic amines) is 1. The molecule has 0 N–H and O–H groups in total. The second-order valence-electron chi connectivity index (χ2n) is 7.98. The maximum Gasteiger partial charge on any atom is 0.260 e. The quantitative estimate of drug-likeness (QED) is 0.733. The molecule has 0 bridgehead atoms. The Hall–Kier alpha value is -2.68. The highest BCUT2D eigenvalue weighted by Crippen LogP contribution is 2.70. The molecule has 3 aliphatic rings. The van der Waals surface area contributed by atoms with Crippen molar-refractivity contribution in [1.82, 2.24) is 4.90 Å². The zero-order chi connectivity index (χ0) is 18.1. The molecule has 1 spiro atoms. The second kappa shape index (κ2) is 4.94. The Labute approximate surface area is 153 Å². The topological polar surface area (TPSA) is 37.4 Å². The van der Waals surface area contributed by atoms with E-state index in [1.54, 1.807) is 12.1 Å². The predicted octanol–water partition coefficient (Wildman–Crippen LogP) is 4.05. The van der Waals surface area contributed by atoms with Crippen LogP contribution in [0.2, 0.25) is 0 Å². The molecule has 2 amide bonds. The molecule has 4 atom stereocenters. The van der Waals surface area contributed by atoms with Gasteiger partial charge >= 0.3 is 0 Å². The molecule has 5 rings (SSSR count). The summed E-state index contributed by atoms with van der Waals surface area (Å²) < 4.78 is 0. The molecule has 1 heterocycles. The summed E-state index contributed by atoms with van der Waals surface area (Å²) in [4.78, 5) is 28.2. The third kappa shape index (κ3) is 1.55. The molecule has 1 saturated heterocycles. The zero-order valence-electron chi connectivity index (χ0n) is 15.0. The fraction of sp³-hybridized carbons (Fsp3) is 0.304. The van der Waals surface area contributed by atoms with Gasteiger partial charge in [0.2, 0.25) is 5.91 Å². The van der Waals surface area contributed by atoms with Gasteiger partial charge in [-0.3, -0.25) is 14.5 Å². The number of allylic oxidation sites excluding steroid dienone is 1. The lowest BCUT2D eigenvalue weighted by atomic mass is 9.40. The summed E-state index contributed by atoms with van der Waals surface area (Å²) in [5.41, 5.74) is 2.11. The fourth-order valence-electron chi connectivity index (χ4n) is 5.90. The van der Waals surface area contributed by atoms with E-state index in [2.05, 4.69) is 31.2 Å². The lowest BCUT2D eigenvalue weighted by Crippen LogP contribution is -2.63. The summed E-state index contributed by atoms with van der Waals surface area (Å²) >= 11 is 0. The van der Waals surface area contributed by atoms with E-state index in [1.807, 2.05) is 37.3 Å². The normalized spacial score (nSPS) is 33.9. The minimum Gasteiger partial charge on any atom is -0.274 e. The Morgan fingerprint density at radius 3 is 2.54 bits per heavy atom. The third-order valence-corrected chi connectivity index (χ3v) is 7.02. The van der Waals surface area contributed by atoms with E-state index in [9.17, 15) is 9.59 Å². The van der Waals surface area contributed by atoms with E-state index in [-0.39, 0.29) is 23.3 Å². The molecule has 1 aliphatic heterocycles. The molecule has 2 aromatic carbocycles. The van der Waals surface area contributed by atoms with Crippen LogP contribution in [-0.2, 0) is 10.2 Å². The predicted molar refractivity (Wildman–Crippen MR) is 100 cm³/mol. The molecule has 3 nitrogen and oxygen atoms in total. The second-order valence-corrected chi connectivity index (χ2v) is 7.98. The van der Waals surface area contributed by atoms with Gasteiger partial charge in [-0.05, 0) is 49.4 Å². The Balaban J connectivity index is 1.68. The molecule has 130 valence electrons. The van der Waals surface area contributed by atoms with Crippen LogP contribution >= 0.6 is 0 Å². The smallest absolute Gasteiger partial charge is 0.260 e. The average molecular weight is 343 g/mol. The molecule has 2 aliphatic carbocycles. The van der Waals surface area contributed by atoms with Gasteiger partial charge in [0.25, 0.3) is 5.91 Å². The van der Waals surface area contributed by atoms with Crippen LogP contribution in [0.25, 0.3) is 6.08 Å². The first-order valence-electron chi connectivity index (χ1n) is 9.22. The lowest BCUT2D eigenvalue weighted by molar-refractivity contribution is -0.141. The SMILES string of the molecule is C[C@@H]1N(C(=O)c2ccccc2)C(=O)[C@]2(C)C[C@H]3C=Cc4ccccc4[C@@]312. The monoisotopic (exact) mass is 343 g/mol.